The van der Waals surface area contributed by atoms with E-state index >= 15 is 0 Å². The standard InChI is InChI=1S/C16H21FN2O2/c1-21-16(20)12-10-11(5-6-13(12)17)18-14-7-9-19-8-3-2-4-15(14)19/h5-6,10,14-15,18H,2-4,7-9H2,1H3. The number of anilines is 1. The molecule has 0 aromatic heterocycles. The maximum absolute atomic E-state index is 13.7. The van der Waals surface area contributed by atoms with Crippen LogP contribution in [0.3, 0.4) is 0 Å². The minimum absolute atomic E-state index is 0.0130. The molecule has 2 aliphatic rings. The summed E-state index contributed by atoms with van der Waals surface area (Å²) < 4.78 is 18.3. The highest BCUT2D eigenvalue weighted by Gasteiger charge is 2.35. The van der Waals surface area contributed by atoms with Gasteiger partial charge in [-0.25, -0.2) is 9.18 Å². The van der Waals surface area contributed by atoms with Crippen molar-refractivity contribution >= 4 is 11.7 Å². The van der Waals surface area contributed by atoms with Crippen LogP contribution in [0.2, 0.25) is 0 Å². The Hall–Kier alpha value is -1.62. The second kappa shape index (κ2) is 6.02. The molecule has 2 aliphatic heterocycles. The summed E-state index contributed by atoms with van der Waals surface area (Å²) in [5, 5.41) is 3.47. The summed E-state index contributed by atoms with van der Waals surface area (Å²) in [5.74, 6) is -1.18. The summed E-state index contributed by atoms with van der Waals surface area (Å²) in [5.41, 5.74) is 0.773. The molecule has 1 aromatic rings. The molecule has 114 valence electrons. The van der Waals surface area contributed by atoms with Crippen LogP contribution in [0, 0.1) is 5.82 Å². The van der Waals surface area contributed by atoms with Gasteiger partial charge in [-0.3, -0.25) is 4.90 Å². The Bertz CT molecular complexity index is 535. The molecule has 0 spiro atoms. The quantitative estimate of drug-likeness (QED) is 0.870. The average molecular weight is 292 g/mol. The number of rotatable bonds is 3. The number of ether oxygens (including phenoxy) is 1. The number of hydrogen-bond acceptors (Lipinski definition) is 4. The molecule has 0 aliphatic carbocycles. The Balaban J connectivity index is 1.74. The van der Waals surface area contributed by atoms with Gasteiger partial charge in [0.2, 0.25) is 0 Å². The van der Waals surface area contributed by atoms with Crippen LogP contribution >= 0.6 is 0 Å². The molecule has 2 atom stereocenters. The second-order valence-electron chi connectivity index (χ2n) is 5.82. The summed E-state index contributed by atoms with van der Waals surface area (Å²) in [4.78, 5) is 14.1. The summed E-state index contributed by atoms with van der Waals surface area (Å²) in [7, 11) is 1.26. The first-order chi connectivity index (χ1) is 10.2. The molecule has 2 unspecified atom stereocenters. The number of carbonyl (C=O) groups excluding carboxylic acids is 1. The third-order valence-electron chi connectivity index (χ3n) is 4.58. The maximum atomic E-state index is 13.7. The molecule has 4 nitrogen and oxygen atoms in total. The summed E-state index contributed by atoms with van der Waals surface area (Å²) in [6.45, 7) is 2.30. The lowest BCUT2D eigenvalue weighted by Gasteiger charge is -2.33. The van der Waals surface area contributed by atoms with Crippen LogP contribution < -0.4 is 5.32 Å². The normalized spacial score (nSPS) is 25.4. The summed E-state index contributed by atoms with van der Waals surface area (Å²) in [6, 6.07) is 5.49. The van der Waals surface area contributed by atoms with Crippen molar-refractivity contribution in [3.8, 4) is 0 Å². The highest BCUT2D eigenvalue weighted by molar-refractivity contribution is 5.90. The summed E-state index contributed by atoms with van der Waals surface area (Å²) in [6.07, 6.45) is 4.86. The van der Waals surface area contributed by atoms with Crippen molar-refractivity contribution in [1.29, 1.82) is 0 Å². The lowest BCUT2D eigenvalue weighted by molar-refractivity contribution is 0.0595. The summed E-state index contributed by atoms with van der Waals surface area (Å²) >= 11 is 0. The number of esters is 1. The van der Waals surface area contributed by atoms with Crippen molar-refractivity contribution < 1.29 is 13.9 Å². The fraction of sp³-hybridized carbons (Fsp3) is 0.562. The van der Waals surface area contributed by atoms with E-state index in [1.807, 2.05) is 0 Å². The highest BCUT2D eigenvalue weighted by atomic mass is 19.1. The second-order valence-corrected chi connectivity index (χ2v) is 5.82. The van der Waals surface area contributed by atoms with Gasteiger partial charge >= 0.3 is 5.97 Å². The molecule has 3 rings (SSSR count). The van der Waals surface area contributed by atoms with Crippen molar-refractivity contribution in [3.63, 3.8) is 0 Å². The van der Waals surface area contributed by atoms with Gasteiger partial charge in [-0.15, -0.1) is 0 Å². The molecule has 0 amide bonds. The monoisotopic (exact) mass is 292 g/mol. The minimum Gasteiger partial charge on any atom is -0.465 e. The molecule has 2 saturated heterocycles. The van der Waals surface area contributed by atoms with Crippen molar-refractivity contribution in [2.45, 2.75) is 37.8 Å². The van der Waals surface area contributed by atoms with Crippen LogP contribution in [0.25, 0.3) is 0 Å². The van der Waals surface area contributed by atoms with E-state index in [2.05, 4.69) is 15.0 Å². The number of hydrogen-bond donors (Lipinski definition) is 1. The van der Waals surface area contributed by atoms with Crippen molar-refractivity contribution in [3.05, 3.63) is 29.6 Å². The predicted octanol–water partition coefficient (Wildman–Crippen LogP) is 2.65. The van der Waals surface area contributed by atoms with Gasteiger partial charge in [0, 0.05) is 24.3 Å². The first-order valence-corrected chi connectivity index (χ1v) is 7.57. The molecule has 5 heteroatoms. The van der Waals surface area contributed by atoms with Crippen LogP contribution in [-0.4, -0.2) is 43.2 Å². The largest absolute Gasteiger partial charge is 0.465 e. The number of methoxy groups -OCH3 is 1. The van der Waals surface area contributed by atoms with Crippen LogP contribution in [0.1, 0.15) is 36.0 Å². The van der Waals surface area contributed by atoms with Gasteiger partial charge in [-0.1, -0.05) is 6.42 Å². The molecular weight excluding hydrogens is 271 g/mol. The fourth-order valence-electron chi connectivity index (χ4n) is 3.51. The van der Waals surface area contributed by atoms with E-state index in [1.54, 1.807) is 12.1 Å². The number of carbonyl (C=O) groups is 1. The third-order valence-corrected chi connectivity index (χ3v) is 4.58. The SMILES string of the molecule is COC(=O)c1cc(NC2CCN3CCCCC23)ccc1F. The molecule has 0 saturated carbocycles. The average Bonchev–Trinajstić information content (AvgIpc) is 2.92. The van der Waals surface area contributed by atoms with Crippen LogP contribution in [0.4, 0.5) is 10.1 Å². The van der Waals surface area contributed by atoms with E-state index in [1.165, 1.54) is 39.0 Å². The van der Waals surface area contributed by atoms with E-state index in [-0.39, 0.29) is 5.56 Å². The predicted molar refractivity (Wildman–Crippen MR) is 79.0 cm³/mol. The molecule has 0 radical (unpaired) electrons. The van der Waals surface area contributed by atoms with Gasteiger partial charge in [-0.05, 0) is 44.0 Å². The van der Waals surface area contributed by atoms with Crippen molar-refractivity contribution in [1.82, 2.24) is 4.90 Å². The van der Waals surface area contributed by atoms with Gasteiger partial charge in [0.25, 0.3) is 0 Å². The lowest BCUT2D eigenvalue weighted by Crippen LogP contribution is -2.41. The third kappa shape index (κ3) is 2.88. The Kier molecular flexibility index (Phi) is 4.10. The molecule has 2 fully saturated rings. The molecular formula is C16H21FN2O2. The van der Waals surface area contributed by atoms with E-state index in [0.717, 1.165) is 18.7 Å². The number of fused-ring (bicyclic) bond motifs is 1. The van der Waals surface area contributed by atoms with Gasteiger partial charge in [0.15, 0.2) is 0 Å². The molecule has 21 heavy (non-hydrogen) atoms. The smallest absolute Gasteiger partial charge is 0.340 e. The zero-order chi connectivity index (χ0) is 14.8. The number of halogens is 1. The van der Waals surface area contributed by atoms with E-state index < -0.39 is 11.8 Å². The molecule has 1 N–H and O–H groups in total. The van der Waals surface area contributed by atoms with Gasteiger partial charge in [0.1, 0.15) is 5.82 Å². The Morgan fingerprint density at radius 2 is 2.19 bits per heavy atom. The highest BCUT2D eigenvalue weighted by Crippen LogP contribution is 2.29. The minimum atomic E-state index is -0.637. The van der Waals surface area contributed by atoms with Crippen LogP contribution in [-0.2, 0) is 4.74 Å². The van der Waals surface area contributed by atoms with E-state index in [9.17, 15) is 9.18 Å². The maximum Gasteiger partial charge on any atom is 0.340 e. The van der Waals surface area contributed by atoms with E-state index in [0.29, 0.717) is 12.1 Å². The Morgan fingerprint density at radius 3 is 3.00 bits per heavy atom. The van der Waals surface area contributed by atoms with E-state index in [4.69, 9.17) is 0 Å². The zero-order valence-electron chi connectivity index (χ0n) is 12.3. The van der Waals surface area contributed by atoms with Gasteiger partial charge in [0.05, 0.1) is 12.7 Å². The number of nitrogens with zero attached hydrogens (tertiary/aromatic N) is 1. The molecule has 0 bridgehead atoms. The van der Waals surface area contributed by atoms with Crippen LogP contribution in [0.15, 0.2) is 18.2 Å². The Morgan fingerprint density at radius 1 is 1.33 bits per heavy atom. The lowest BCUT2D eigenvalue weighted by atomic mass is 9.98. The fourth-order valence-corrected chi connectivity index (χ4v) is 3.51. The van der Waals surface area contributed by atoms with Gasteiger partial charge < -0.3 is 10.1 Å². The number of nitrogens with one attached hydrogen (secondary N) is 1. The van der Waals surface area contributed by atoms with Crippen molar-refractivity contribution in [2.24, 2.45) is 0 Å². The first-order valence-electron chi connectivity index (χ1n) is 7.57. The molecule has 2 heterocycles. The number of benzene rings is 1. The Labute approximate surface area is 124 Å². The van der Waals surface area contributed by atoms with Crippen LogP contribution in [0.5, 0.6) is 0 Å². The molecule has 1 aromatic carbocycles. The zero-order valence-corrected chi connectivity index (χ0v) is 12.3. The first kappa shape index (κ1) is 14.3. The van der Waals surface area contributed by atoms with Crippen molar-refractivity contribution in [2.75, 3.05) is 25.5 Å². The van der Waals surface area contributed by atoms with Gasteiger partial charge in [-0.2, -0.15) is 0 Å². The number of piperidine rings is 1. The topological polar surface area (TPSA) is 41.6 Å².